The molecule has 0 saturated carbocycles. The van der Waals surface area contributed by atoms with E-state index in [4.69, 9.17) is 21.1 Å². The van der Waals surface area contributed by atoms with E-state index in [0.29, 0.717) is 13.2 Å². The Morgan fingerprint density at radius 2 is 2.56 bits per heavy atom. The summed E-state index contributed by atoms with van der Waals surface area (Å²) in [6, 6.07) is -0.0702. The standard InChI is InChI=1S/C10H13ClN3O4/c1-2-4-18-10-8(14(15)16)9(11)13(12-10)7-3-5-17-6-7/h2,7H,3-6H2,1H3. The molecule has 0 spiro atoms. The van der Waals surface area contributed by atoms with E-state index in [1.165, 1.54) is 4.68 Å². The number of nitrogens with zero attached hydrogens (tertiary/aromatic N) is 3. The minimum Gasteiger partial charge on any atom is -0.471 e. The van der Waals surface area contributed by atoms with E-state index in [0.717, 1.165) is 6.42 Å². The van der Waals surface area contributed by atoms with Crippen LogP contribution in [0.5, 0.6) is 5.88 Å². The average molecular weight is 275 g/mol. The molecular formula is C10H13ClN3O4. The molecule has 1 saturated heterocycles. The molecule has 0 bridgehead atoms. The number of rotatable bonds is 5. The van der Waals surface area contributed by atoms with Crippen molar-refractivity contribution in [2.75, 3.05) is 19.8 Å². The number of halogens is 1. The van der Waals surface area contributed by atoms with Crippen molar-refractivity contribution < 1.29 is 14.4 Å². The van der Waals surface area contributed by atoms with Gasteiger partial charge in [0.25, 0.3) is 0 Å². The Hall–Kier alpha value is -1.34. The molecule has 8 heteroatoms. The third-order valence-electron chi connectivity index (χ3n) is 2.62. The van der Waals surface area contributed by atoms with Gasteiger partial charge in [0.15, 0.2) is 0 Å². The molecule has 1 aliphatic heterocycles. The number of hydrogen-bond acceptors (Lipinski definition) is 5. The maximum atomic E-state index is 11.0. The third-order valence-corrected chi connectivity index (χ3v) is 2.97. The first kappa shape index (κ1) is 13.1. The van der Waals surface area contributed by atoms with E-state index in [-0.39, 0.29) is 29.4 Å². The van der Waals surface area contributed by atoms with Crippen LogP contribution in [0.1, 0.15) is 19.4 Å². The highest BCUT2D eigenvalue weighted by atomic mass is 35.5. The van der Waals surface area contributed by atoms with Gasteiger partial charge in [0.1, 0.15) is 0 Å². The van der Waals surface area contributed by atoms with Gasteiger partial charge in [0.2, 0.25) is 5.15 Å². The van der Waals surface area contributed by atoms with E-state index < -0.39 is 4.92 Å². The summed E-state index contributed by atoms with van der Waals surface area (Å²) in [7, 11) is 0. The zero-order chi connectivity index (χ0) is 13.1. The van der Waals surface area contributed by atoms with Crippen molar-refractivity contribution in [3.8, 4) is 5.88 Å². The maximum Gasteiger partial charge on any atom is 0.368 e. The third kappa shape index (κ3) is 2.41. The maximum absolute atomic E-state index is 11.0. The van der Waals surface area contributed by atoms with Gasteiger partial charge >= 0.3 is 11.6 Å². The van der Waals surface area contributed by atoms with Crippen LogP contribution in [0.3, 0.4) is 0 Å². The van der Waals surface area contributed by atoms with Crippen LogP contribution >= 0.6 is 11.6 Å². The van der Waals surface area contributed by atoms with Crippen molar-refractivity contribution in [2.45, 2.75) is 19.4 Å². The molecule has 7 nitrogen and oxygen atoms in total. The van der Waals surface area contributed by atoms with Gasteiger partial charge in [-0.2, -0.15) is 0 Å². The zero-order valence-electron chi connectivity index (χ0n) is 9.84. The lowest BCUT2D eigenvalue weighted by atomic mass is 10.3. The van der Waals surface area contributed by atoms with E-state index in [9.17, 15) is 10.1 Å². The molecule has 1 aromatic heterocycles. The first-order valence-electron chi connectivity index (χ1n) is 5.56. The van der Waals surface area contributed by atoms with Crippen LogP contribution in [0.2, 0.25) is 5.15 Å². The fourth-order valence-corrected chi connectivity index (χ4v) is 2.08. The Morgan fingerprint density at radius 1 is 1.78 bits per heavy atom. The zero-order valence-corrected chi connectivity index (χ0v) is 10.6. The molecule has 99 valence electrons. The molecule has 0 aromatic carbocycles. The molecule has 1 fully saturated rings. The van der Waals surface area contributed by atoms with E-state index in [1.54, 1.807) is 13.3 Å². The second-order valence-corrected chi connectivity index (χ2v) is 4.24. The van der Waals surface area contributed by atoms with Crippen LogP contribution in [-0.4, -0.2) is 34.5 Å². The Labute approximate surface area is 109 Å². The van der Waals surface area contributed by atoms with Gasteiger partial charge in [-0.25, -0.2) is 4.68 Å². The summed E-state index contributed by atoms with van der Waals surface area (Å²) in [5, 5.41) is 15.0. The fourth-order valence-electron chi connectivity index (χ4n) is 1.76. The molecule has 2 heterocycles. The predicted molar refractivity (Wildman–Crippen MR) is 63.8 cm³/mol. The van der Waals surface area contributed by atoms with Crippen LogP contribution in [0.15, 0.2) is 0 Å². The summed E-state index contributed by atoms with van der Waals surface area (Å²) in [5.74, 6) is -0.0463. The van der Waals surface area contributed by atoms with Gasteiger partial charge in [0, 0.05) is 6.61 Å². The molecule has 1 atom stereocenters. The summed E-state index contributed by atoms with van der Waals surface area (Å²) in [4.78, 5) is 10.4. The molecule has 1 aliphatic rings. The summed E-state index contributed by atoms with van der Waals surface area (Å²) >= 11 is 6.00. The minimum absolute atomic E-state index is 0.0124. The highest BCUT2D eigenvalue weighted by Crippen LogP contribution is 2.37. The Bertz CT molecular complexity index is 443. The largest absolute Gasteiger partial charge is 0.471 e. The summed E-state index contributed by atoms with van der Waals surface area (Å²) in [6.45, 7) is 3.09. The average Bonchev–Trinajstić information content (AvgIpc) is 2.93. The van der Waals surface area contributed by atoms with E-state index in [2.05, 4.69) is 5.10 Å². The Kier molecular flexibility index (Phi) is 4.03. The van der Waals surface area contributed by atoms with Gasteiger partial charge in [0.05, 0.1) is 24.2 Å². The molecule has 2 rings (SSSR count). The lowest BCUT2D eigenvalue weighted by Gasteiger charge is -2.07. The van der Waals surface area contributed by atoms with Gasteiger partial charge in [-0.05, 0) is 12.8 Å². The highest BCUT2D eigenvalue weighted by molar-refractivity contribution is 6.32. The van der Waals surface area contributed by atoms with Crippen molar-refractivity contribution in [1.29, 1.82) is 0 Å². The van der Waals surface area contributed by atoms with Crippen LogP contribution in [0.25, 0.3) is 0 Å². The van der Waals surface area contributed by atoms with Crippen molar-refractivity contribution in [2.24, 2.45) is 0 Å². The number of nitro groups is 1. The molecule has 1 aromatic rings. The van der Waals surface area contributed by atoms with Gasteiger partial charge in [-0.3, -0.25) is 10.1 Å². The molecule has 0 N–H and O–H groups in total. The van der Waals surface area contributed by atoms with Crippen LogP contribution in [0.4, 0.5) is 5.69 Å². The van der Waals surface area contributed by atoms with Crippen molar-refractivity contribution in [3.63, 3.8) is 0 Å². The fraction of sp³-hybridized carbons (Fsp3) is 0.600. The first-order valence-corrected chi connectivity index (χ1v) is 5.93. The summed E-state index contributed by atoms with van der Waals surface area (Å²) in [6.07, 6.45) is 2.47. The summed E-state index contributed by atoms with van der Waals surface area (Å²) < 4.78 is 11.8. The SMILES string of the molecule is C[CH]COc1nn(C2CCOC2)c(Cl)c1[N+](=O)[O-]. The highest BCUT2D eigenvalue weighted by Gasteiger charge is 2.32. The smallest absolute Gasteiger partial charge is 0.368 e. The quantitative estimate of drug-likeness (QED) is 0.606. The molecule has 1 radical (unpaired) electrons. The number of ether oxygens (including phenoxy) is 2. The van der Waals surface area contributed by atoms with Crippen molar-refractivity contribution in [3.05, 3.63) is 21.7 Å². The molecule has 1 unspecified atom stereocenters. The van der Waals surface area contributed by atoms with Gasteiger partial charge < -0.3 is 9.47 Å². The molecule has 0 aliphatic carbocycles. The minimum atomic E-state index is -0.577. The molecule has 18 heavy (non-hydrogen) atoms. The van der Waals surface area contributed by atoms with Gasteiger partial charge in [-0.15, -0.1) is 5.10 Å². The lowest BCUT2D eigenvalue weighted by Crippen LogP contribution is -2.10. The second-order valence-electron chi connectivity index (χ2n) is 3.88. The van der Waals surface area contributed by atoms with Crippen LogP contribution in [0, 0.1) is 16.5 Å². The van der Waals surface area contributed by atoms with Gasteiger partial charge in [-0.1, -0.05) is 18.5 Å². The topological polar surface area (TPSA) is 79.4 Å². The lowest BCUT2D eigenvalue weighted by molar-refractivity contribution is -0.385. The Morgan fingerprint density at radius 3 is 3.11 bits per heavy atom. The van der Waals surface area contributed by atoms with Crippen LogP contribution < -0.4 is 4.74 Å². The number of aromatic nitrogens is 2. The Balaban J connectivity index is 2.33. The first-order chi connectivity index (χ1) is 8.65. The molecular weight excluding hydrogens is 262 g/mol. The molecule has 0 amide bonds. The summed E-state index contributed by atoms with van der Waals surface area (Å²) in [5.41, 5.74) is -0.287. The van der Waals surface area contributed by atoms with Crippen LogP contribution in [-0.2, 0) is 4.74 Å². The number of hydrogen-bond donors (Lipinski definition) is 0. The van der Waals surface area contributed by atoms with E-state index in [1.807, 2.05) is 0 Å². The van der Waals surface area contributed by atoms with Crippen molar-refractivity contribution in [1.82, 2.24) is 9.78 Å². The van der Waals surface area contributed by atoms with Crippen molar-refractivity contribution >= 4 is 17.3 Å². The van der Waals surface area contributed by atoms with E-state index >= 15 is 0 Å². The normalized spacial score (nSPS) is 19.1. The second kappa shape index (κ2) is 5.53. The monoisotopic (exact) mass is 274 g/mol. The predicted octanol–water partition coefficient (Wildman–Crippen LogP) is 2.01.